The number of aldehydes is 1. The first-order valence-electron chi connectivity index (χ1n) is 4.32. The second-order valence-electron chi connectivity index (χ2n) is 2.81. The van der Waals surface area contributed by atoms with E-state index in [4.69, 9.17) is 0 Å². The Morgan fingerprint density at radius 3 is 2.43 bits per heavy atom. The predicted octanol–water partition coefficient (Wildman–Crippen LogP) is 2.74. The molecule has 0 fully saturated rings. The van der Waals surface area contributed by atoms with Gasteiger partial charge in [0.25, 0.3) is 0 Å². The maximum Gasteiger partial charge on any atom is 0.160 e. The zero-order valence-electron chi connectivity index (χ0n) is 7.98. The van der Waals surface area contributed by atoms with Crippen LogP contribution in [0.5, 0.6) is 0 Å². The first kappa shape index (κ1) is 10.7. The van der Waals surface area contributed by atoms with Gasteiger partial charge in [-0.05, 0) is 6.07 Å². The van der Waals surface area contributed by atoms with Crippen LogP contribution in [0.2, 0.25) is 0 Å². The van der Waals surface area contributed by atoms with Crippen LogP contribution in [0.1, 0.15) is 9.67 Å². The van der Waals surface area contributed by atoms with Gasteiger partial charge >= 0.3 is 0 Å². The summed E-state index contributed by atoms with van der Waals surface area (Å²) in [6, 6.07) is 1.88. The van der Waals surface area contributed by atoms with Crippen molar-refractivity contribution in [2.24, 2.45) is 0 Å². The van der Waals surface area contributed by atoms with Gasteiger partial charge in [-0.1, -0.05) is 12.2 Å². The average molecular weight is 207 g/mol. The van der Waals surface area contributed by atoms with Gasteiger partial charge in [-0.25, -0.2) is 0 Å². The van der Waals surface area contributed by atoms with Gasteiger partial charge in [0.1, 0.15) is 0 Å². The minimum Gasteiger partial charge on any atom is -0.363 e. The summed E-state index contributed by atoms with van der Waals surface area (Å²) in [4.78, 5) is 13.4. The van der Waals surface area contributed by atoms with E-state index in [2.05, 4.69) is 18.1 Å². The monoisotopic (exact) mass is 207 g/mol. The summed E-state index contributed by atoms with van der Waals surface area (Å²) in [5.41, 5.74) is 1.05. The molecule has 0 N–H and O–H groups in total. The molecular formula is C11H13NOS. The molecule has 0 unspecified atom stereocenters. The fraction of sp³-hybridized carbons (Fsp3) is 0.182. The Bertz CT molecular complexity index is 320. The Labute approximate surface area is 88.2 Å². The molecular weight excluding hydrogens is 194 g/mol. The molecule has 1 aromatic rings. The van der Waals surface area contributed by atoms with Crippen LogP contribution in [0.3, 0.4) is 0 Å². The van der Waals surface area contributed by atoms with Gasteiger partial charge in [0.2, 0.25) is 0 Å². The molecule has 0 spiro atoms. The van der Waals surface area contributed by atoms with Crippen molar-refractivity contribution in [2.75, 3.05) is 18.0 Å². The van der Waals surface area contributed by atoms with Crippen molar-refractivity contribution in [2.45, 2.75) is 0 Å². The molecule has 14 heavy (non-hydrogen) atoms. The number of carbonyl (C=O) groups excluding carboxylic acids is 1. The molecule has 1 heterocycles. The SMILES string of the molecule is C=CCN(CC=C)c1csc(C=O)c1. The number of anilines is 1. The second kappa shape index (κ2) is 5.40. The second-order valence-corrected chi connectivity index (χ2v) is 3.75. The largest absolute Gasteiger partial charge is 0.363 e. The molecule has 0 aromatic carbocycles. The van der Waals surface area contributed by atoms with E-state index in [9.17, 15) is 4.79 Å². The molecule has 0 saturated heterocycles. The predicted molar refractivity (Wildman–Crippen MR) is 62.3 cm³/mol. The van der Waals surface area contributed by atoms with Crippen LogP contribution in [0.15, 0.2) is 36.8 Å². The topological polar surface area (TPSA) is 20.3 Å². The standard InChI is InChI=1S/C11H13NOS/c1-3-5-12(6-4-2)10-7-11(8-13)14-9-10/h3-4,7-9H,1-2,5-6H2. The lowest BCUT2D eigenvalue weighted by Crippen LogP contribution is -2.22. The number of carbonyl (C=O) groups is 1. The summed E-state index contributed by atoms with van der Waals surface area (Å²) < 4.78 is 0. The first-order valence-corrected chi connectivity index (χ1v) is 5.20. The van der Waals surface area contributed by atoms with E-state index in [1.807, 2.05) is 23.6 Å². The Balaban J connectivity index is 2.80. The smallest absolute Gasteiger partial charge is 0.160 e. The number of hydrogen-bond acceptors (Lipinski definition) is 3. The highest BCUT2D eigenvalue weighted by molar-refractivity contribution is 7.12. The van der Waals surface area contributed by atoms with E-state index in [1.54, 1.807) is 0 Å². The summed E-state index contributed by atoms with van der Waals surface area (Å²) in [5.74, 6) is 0. The first-order chi connectivity index (χ1) is 6.81. The lowest BCUT2D eigenvalue weighted by Gasteiger charge is -2.19. The molecule has 0 atom stereocenters. The maximum absolute atomic E-state index is 10.5. The summed E-state index contributed by atoms with van der Waals surface area (Å²) in [6.45, 7) is 8.92. The van der Waals surface area contributed by atoms with Crippen LogP contribution in [-0.4, -0.2) is 19.4 Å². The molecule has 0 saturated carbocycles. The van der Waals surface area contributed by atoms with Gasteiger partial charge < -0.3 is 4.90 Å². The molecule has 2 nitrogen and oxygen atoms in total. The minimum atomic E-state index is 0.748. The van der Waals surface area contributed by atoms with Crippen molar-refractivity contribution in [3.63, 3.8) is 0 Å². The zero-order chi connectivity index (χ0) is 10.4. The van der Waals surface area contributed by atoms with Gasteiger partial charge in [0.15, 0.2) is 6.29 Å². The molecule has 74 valence electrons. The van der Waals surface area contributed by atoms with Crippen molar-refractivity contribution >= 4 is 23.3 Å². The van der Waals surface area contributed by atoms with Crippen LogP contribution in [0.4, 0.5) is 5.69 Å². The van der Waals surface area contributed by atoms with Gasteiger partial charge in [0, 0.05) is 24.2 Å². The van der Waals surface area contributed by atoms with Crippen molar-refractivity contribution in [3.05, 3.63) is 41.6 Å². The van der Waals surface area contributed by atoms with E-state index in [1.165, 1.54) is 11.3 Å². The van der Waals surface area contributed by atoms with Crippen molar-refractivity contribution < 1.29 is 4.79 Å². The molecule has 0 bridgehead atoms. The van der Waals surface area contributed by atoms with E-state index < -0.39 is 0 Å². The van der Waals surface area contributed by atoms with Crippen molar-refractivity contribution in [1.82, 2.24) is 0 Å². The summed E-state index contributed by atoms with van der Waals surface area (Å²) in [6.07, 6.45) is 4.54. The zero-order valence-corrected chi connectivity index (χ0v) is 8.80. The number of hydrogen-bond donors (Lipinski definition) is 0. The molecule has 3 heteroatoms. The van der Waals surface area contributed by atoms with Gasteiger partial charge in [-0.15, -0.1) is 24.5 Å². The van der Waals surface area contributed by atoms with Crippen LogP contribution in [0, 0.1) is 0 Å². The summed E-state index contributed by atoms with van der Waals surface area (Å²) in [5, 5.41) is 1.97. The molecule has 0 aliphatic heterocycles. The summed E-state index contributed by atoms with van der Waals surface area (Å²) in [7, 11) is 0. The Kier molecular flexibility index (Phi) is 4.13. The third-order valence-corrected chi connectivity index (χ3v) is 2.63. The Morgan fingerprint density at radius 1 is 1.36 bits per heavy atom. The van der Waals surface area contributed by atoms with E-state index in [0.717, 1.165) is 29.9 Å². The highest BCUT2D eigenvalue weighted by atomic mass is 32.1. The van der Waals surface area contributed by atoms with Crippen LogP contribution in [0.25, 0.3) is 0 Å². The van der Waals surface area contributed by atoms with Gasteiger partial charge in [0.05, 0.1) is 4.88 Å². The van der Waals surface area contributed by atoms with Gasteiger partial charge in [-0.2, -0.15) is 0 Å². The number of nitrogens with zero attached hydrogens (tertiary/aromatic N) is 1. The van der Waals surface area contributed by atoms with Crippen LogP contribution >= 0.6 is 11.3 Å². The molecule has 0 radical (unpaired) electrons. The minimum absolute atomic E-state index is 0.748. The molecule has 1 aromatic heterocycles. The molecule has 0 amide bonds. The highest BCUT2D eigenvalue weighted by Crippen LogP contribution is 2.21. The normalized spacial score (nSPS) is 9.43. The van der Waals surface area contributed by atoms with Crippen molar-refractivity contribution in [3.8, 4) is 0 Å². The van der Waals surface area contributed by atoms with E-state index >= 15 is 0 Å². The molecule has 0 aliphatic carbocycles. The fourth-order valence-electron chi connectivity index (χ4n) is 1.17. The molecule has 1 rings (SSSR count). The van der Waals surface area contributed by atoms with Crippen LogP contribution in [-0.2, 0) is 0 Å². The van der Waals surface area contributed by atoms with Gasteiger partial charge in [-0.3, -0.25) is 4.79 Å². The fourth-order valence-corrected chi connectivity index (χ4v) is 1.89. The van der Waals surface area contributed by atoms with Crippen molar-refractivity contribution in [1.29, 1.82) is 0 Å². The van der Waals surface area contributed by atoms with E-state index in [0.29, 0.717) is 0 Å². The quantitative estimate of drug-likeness (QED) is 0.528. The Hall–Kier alpha value is -1.35. The lowest BCUT2D eigenvalue weighted by molar-refractivity contribution is 0.112. The lowest BCUT2D eigenvalue weighted by atomic mass is 10.3. The summed E-state index contributed by atoms with van der Waals surface area (Å²) >= 11 is 1.45. The third kappa shape index (κ3) is 2.57. The maximum atomic E-state index is 10.5. The van der Waals surface area contributed by atoms with Crippen LogP contribution < -0.4 is 4.90 Å². The number of thiophene rings is 1. The highest BCUT2D eigenvalue weighted by Gasteiger charge is 2.05. The number of rotatable bonds is 6. The third-order valence-electron chi connectivity index (χ3n) is 1.79. The van der Waals surface area contributed by atoms with E-state index in [-0.39, 0.29) is 0 Å². The molecule has 0 aliphatic rings. The Morgan fingerprint density at radius 2 is 2.00 bits per heavy atom. The average Bonchev–Trinajstić information content (AvgIpc) is 2.65.